The van der Waals surface area contributed by atoms with Gasteiger partial charge in [0.05, 0.1) is 21.2 Å². The van der Waals surface area contributed by atoms with Crippen LogP contribution in [0.1, 0.15) is 40.5 Å². The number of anilines is 1. The van der Waals surface area contributed by atoms with Crippen molar-refractivity contribution in [1.82, 2.24) is 9.88 Å². The molecule has 0 saturated carbocycles. The number of likely N-dealkylation sites (N-methyl/N-ethyl adjacent to an activating group) is 1. The zero-order chi connectivity index (χ0) is 20.5. The first-order valence-electron chi connectivity index (χ1n) is 9.47. The van der Waals surface area contributed by atoms with E-state index in [1.54, 1.807) is 12.1 Å². The first kappa shape index (κ1) is 20.3. The third-order valence-corrected chi connectivity index (χ3v) is 5.74. The van der Waals surface area contributed by atoms with E-state index in [2.05, 4.69) is 9.88 Å². The molecular weight excluding hydrogens is 380 g/mol. The topological polar surface area (TPSA) is 88.8 Å². The van der Waals surface area contributed by atoms with Crippen molar-refractivity contribution in [3.8, 4) is 0 Å². The number of rotatable bonds is 5. The molecule has 28 heavy (non-hydrogen) atoms. The van der Waals surface area contributed by atoms with Gasteiger partial charge in [-0.1, -0.05) is 11.3 Å². The van der Waals surface area contributed by atoms with Crippen LogP contribution in [-0.2, 0) is 4.74 Å². The molecule has 0 N–H and O–H groups in total. The molecule has 8 nitrogen and oxygen atoms in total. The van der Waals surface area contributed by atoms with Crippen LogP contribution < -0.4 is 4.90 Å². The molecule has 1 saturated heterocycles. The predicted molar refractivity (Wildman–Crippen MR) is 110 cm³/mol. The van der Waals surface area contributed by atoms with Crippen LogP contribution in [0.25, 0.3) is 10.2 Å². The van der Waals surface area contributed by atoms with Crippen LogP contribution >= 0.6 is 11.3 Å². The second kappa shape index (κ2) is 7.90. The number of carbonyl (C=O) groups is 1. The van der Waals surface area contributed by atoms with Gasteiger partial charge in [-0.05, 0) is 46.6 Å². The third kappa shape index (κ3) is 4.52. The molecule has 3 rings (SSSR count). The molecule has 0 radical (unpaired) electrons. The van der Waals surface area contributed by atoms with E-state index >= 15 is 0 Å². The number of benzene rings is 1. The van der Waals surface area contributed by atoms with Crippen molar-refractivity contribution < 1.29 is 14.5 Å². The number of likely N-dealkylation sites (tertiary alicyclic amines) is 1. The molecule has 1 aliphatic rings. The Morgan fingerprint density at radius 1 is 1.46 bits per heavy atom. The van der Waals surface area contributed by atoms with Crippen LogP contribution in [0, 0.1) is 10.1 Å². The Bertz CT molecular complexity index is 876. The summed E-state index contributed by atoms with van der Waals surface area (Å²) in [6.07, 6.45) is 1.60. The van der Waals surface area contributed by atoms with Gasteiger partial charge in [-0.15, -0.1) is 0 Å². The van der Waals surface area contributed by atoms with Crippen LogP contribution in [0.4, 0.5) is 15.6 Å². The maximum atomic E-state index is 12.5. The van der Waals surface area contributed by atoms with Gasteiger partial charge in [0.2, 0.25) is 0 Å². The Balaban J connectivity index is 1.77. The molecule has 2 aromatic rings. The van der Waals surface area contributed by atoms with Crippen molar-refractivity contribution in [2.75, 3.05) is 24.5 Å². The first-order valence-corrected chi connectivity index (χ1v) is 10.3. The maximum absolute atomic E-state index is 12.5. The SMILES string of the molecule is CCN(CC1CCCN1C(=O)OC(C)(C)C)c1nc2ccc([N+](=O)[O-])cc2s1. The summed E-state index contributed by atoms with van der Waals surface area (Å²) in [6, 6.07) is 4.79. The van der Waals surface area contributed by atoms with Crippen LogP contribution in [0.5, 0.6) is 0 Å². The summed E-state index contributed by atoms with van der Waals surface area (Å²) >= 11 is 1.44. The van der Waals surface area contributed by atoms with Crippen LogP contribution in [0.2, 0.25) is 0 Å². The summed E-state index contributed by atoms with van der Waals surface area (Å²) < 4.78 is 6.34. The maximum Gasteiger partial charge on any atom is 0.410 e. The Hall–Kier alpha value is -2.42. The highest BCUT2D eigenvalue weighted by atomic mass is 32.1. The number of fused-ring (bicyclic) bond motifs is 1. The normalized spacial score (nSPS) is 17.1. The van der Waals surface area contributed by atoms with Gasteiger partial charge < -0.3 is 14.5 Å². The highest BCUT2D eigenvalue weighted by molar-refractivity contribution is 7.22. The number of amides is 1. The number of carbonyl (C=O) groups excluding carboxylic acids is 1. The number of aromatic nitrogens is 1. The van der Waals surface area contributed by atoms with Crippen molar-refractivity contribution in [1.29, 1.82) is 0 Å². The van der Waals surface area contributed by atoms with Gasteiger partial charge in [-0.2, -0.15) is 0 Å². The van der Waals surface area contributed by atoms with Crippen molar-refractivity contribution in [2.24, 2.45) is 0 Å². The van der Waals surface area contributed by atoms with Gasteiger partial charge >= 0.3 is 6.09 Å². The molecule has 9 heteroatoms. The number of nitro benzene ring substituents is 1. The lowest BCUT2D eigenvalue weighted by Crippen LogP contribution is -2.45. The summed E-state index contributed by atoms with van der Waals surface area (Å²) in [7, 11) is 0. The number of ether oxygens (including phenoxy) is 1. The largest absolute Gasteiger partial charge is 0.444 e. The minimum Gasteiger partial charge on any atom is -0.444 e. The lowest BCUT2D eigenvalue weighted by Gasteiger charge is -2.31. The van der Waals surface area contributed by atoms with Crippen molar-refractivity contribution >= 4 is 38.5 Å². The summed E-state index contributed by atoms with van der Waals surface area (Å²) in [4.78, 5) is 31.7. The summed E-state index contributed by atoms with van der Waals surface area (Å²) in [5, 5.41) is 11.8. The van der Waals surface area contributed by atoms with Crippen LogP contribution in [-0.4, -0.2) is 52.2 Å². The highest BCUT2D eigenvalue weighted by Gasteiger charge is 2.33. The molecule has 2 heterocycles. The minimum absolute atomic E-state index is 0.0659. The number of non-ortho nitro benzene ring substituents is 1. The molecular formula is C19H26N4O4S. The van der Waals surface area contributed by atoms with E-state index in [-0.39, 0.29) is 17.8 Å². The van der Waals surface area contributed by atoms with E-state index in [4.69, 9.17) is 4.74 Å². The molecule has 1 fully saturated rings. The Morgan fingerprint density at radius 3 is 2.86 bits per heavy atom. The highest BCUT2D eigenvalue weighted by Crippen LogP contribution is 2.32. The van der Waals surface area contributed by atoms with Gasteiger partial charge in [0.15, 0.2) is 5.13 Å². The third-order valence-electron chi connectivity index (χ3n) is 4.66. The van der Waals surface area contributed by atoms with Crippen LogP contribution in [0.3, 0.4) is 0 Å². The Morgan fingerprint density at radius 2 is 2.21 bits per heavy atom. The van der Waals surface area contributed by atoms with E-state index in [9.17, 15) is 14.9 Å². The lowest BCUT2D eigenvalue weighted by atomic mass is 10.2. The van der Waals surface area contributed by atoms with Gasteiger partial charge in [0, 0.05) is 31.8 Å². The Labute approximate surface area is 168 Å². The molecule has 1 aliphatic heterocycles. The van der Waals surface area contributed by atoms with E-state index in [1.807, 2.05) is 32.6 Å². The number of thiazole rings is 1. The number of nitro groups is 1. The molecule has 1 unspecified atom stereocenters. The second-order valence-electron chi connectivity index (χ2n) is 7.91. The molecule has 1 aromatic carbocycles. The van der Waals surface area contributed by atoms with Crippen molar-refractivity contribution in [3.05, 3.63) is 28.3 Å². The van der Waals surface area contributed by atoms with E-state index in [0.717, 1.165) is 34.7 Å². The summed E-state index contributed by atoms with van der Waals surface area (Å²) in [6.45, 7) is 9.75. The Kier molecular flexibility index (Phi) is 5.74. The molecule has 1 amide bonds. The molecule has 0 bridgehead atoms. The van der Waals surface area contributed by atoms with Gasteiger partial charge in [0.25, 0.3) is 5.69 Å². The lowest BCUT2D eigenvalue weighted by molar-refractivity contribution is -0.384. The van der Waals surface area contributed by atoms with Crippen molar-refractivity contribution in [3.63, 3.8) is 0 Å². The zero-order valence-corrected chi connectivity index (χ0v) is 17.5. The molecule has 0 aliphatic carbocycles. The summed E-state index contributed by atoms with van der Waals surface area (Å²) in [5.74, 6) is 0. The monoisotopic (exact) mass is 406 g/mol. The predicted octanol–water partition coefficient (Wildman–Crippen LogP) is 4.43. The smallest absolute Gasteiger partial charge is 0.410 e. The van der Waals surface area contributed by atoms with E-state index in [1.165, 1.54) is 17.4 Å². The fourth-order valence-electron chi connectivity index (χ4n) is 3.33. The zero-order valence-electron chi connectivity index (χ0n) is 16.7. The molecule has 1 aromatic heterocycles. The molecule has 0 spiro atoms. The minimum atomic E-state index is -0.517. The average Bonchev–Trinajstić information content (AvgIpc) is 3.23. The quantitative estimate of drug-likeness (QED) is 0.539. The number of nitrogens with zero attached hydrogens (tertiary/aromatic N) is 4. The van der Waals surface area contributed by atoms with Crippen molar-refractivity contribution in [2.45, 2.75) is 52.2 Å². The molecule has 152 valence electrons. The first-order chi connectivity index (χ1) is 13.2. The number of hydrogen-bond acceptors (Lipinski definition) is 7. The van der Waals surface area contributed by atoms with Crippen LogP contribution in [0.15, 0.2) is 18.2 Å². The molecule has 1 atom stereocenters. The van der Waals surface area contributed by atoms with Gasteiger partial charge in [0.1, 0.15) is 5.60 Å². The van der Waals surface area contributed by atoms with E-state index < -0.39 is 10.5 Å². The number of hydrogen-bond donors (Lipinski definition) is 0. The fraction of sp³-hybridized carbons (Fsp3) is 0.579. The fourth-order valence-corrected chi connectivity index (χ4v) is 4.40. The van der Waals surface area contributed by atoms with Gasteiger partial charge in [-0.3, -0.25) is 10.1 Å². The van der Waals surface area contributed by atoms with E-state index in [0.29, 0.717) is 13.1 Å². The average molecular weight is 407 g/mol. The standard InChI is InChI=1S/C19H26N4O4S/c1-5-21(12-14-7-6-10-22(14)18(24)27-19(2,3)4)17-20-15-9-8-13(23(25)26)11-16(15)28-17/h8-9,11,14H,5-7,10,12H2,1-4H3. The second-order valence-corrected chi connectivity index (χ2v) is 8.92. The summed E-state index contributed by atoms with van der Waals surface area (Å²) in [5.41, 5.74) is 0.299. The van der Waals surface area contributed by atoms with Gasteiger partial charge in [-0.25, -0.2) is 9.78 Å².